The Labute approximate surface area is 146 Å². The van der Waals surface area contributed by atoms with E-state index in [1.165, 1.54) is 6.92 Å². The number of nitrogens with zero attached hydrogens (tertiary/aromatic N) is 1. The molecule has 4 aromatic rings. The van der Waals surface area contributed by atoms with Crippen molar-refractivity contribution in [2.45, 2.75) is 6.92 Å². The first-order valence-corrected chi connectivity index (χ1v) is 7.93. The second-order valence-electron chi connectivity index (χ2n) is 5.81. The van der Waals surface area contributed by atoms with Crippen LogP contribution in [0.1, 0.15) is 17.3 Å². The van der Waals surface area contributed by atoms with Crippen LogP contribution in [0.2, 0.25) is 5.02 Å². The molecule has 0 fully saturated rings. The van der Waals surface area contributed by atoms with E-state index in [0.29, 0.717) is 32.6 Å². The Morgan fingerprint density at radius 3 is 2.76 bits per heavy atom. The minimum atomic E-state index is -0.385. The van der Waals surface area contributed by atoms with Crippen LogP contribution in [-0.2, 0) is 0 Å². The highest BCUT2D eigenvalue weighted by molar-refractivity contribution is 6.35. The first-order chi connectivity index (χ1) is 12.0. The quantitative estimate of drug-likeness (QED) is 0.480. The van der Waals surface area contributed by atoms with Gasteiger partial charge in [-0.25, -0.2) is 0 Å². The lowest BCUT2D eigenvalue weighted by Crippen LogP contribution is -2.13. The first-order valence-electron chi connectivity index (χ1n) is 7.56. The Hall–Kier alpha value is -3.12. The zero-order valence-electron chi connectivity index (χ0n) is 13.2. The summed E-state index contributed by atoms with van der Waals surface area (Å²) in [4.78, 5) is 26.8. The molecule has 0 radical (unpaired) electrons. The van der Waals surface area contributed by atoms with E-state index in [4.69, 9.17) is 17.3 Å². The van der Waals surface area contributed by atoms with Crippen LogP contribution in [0.25, 0.3) is 32.9 Å². The first kappa shape index (κ1) is 15.4. The van der Waals surface area contributed by atoms with Crippen molar-refractivity contribution in [1.29, 1.82) is 0 Å². The average molecular weight is 353 g/mol. The summed E-state index contributed by atoms with van der Waals surface area (Å²) < 4.78 is 0. The molecule has 0 spiro atoms. The van der Waals surface area contributed by atoms with Crippen molar-refractivity contribution in [1.82, 2.24) is 15.2 Å². The molecule has 2 heterocycles. The molecule has 124 valence electrons. The largest absolute Gasteiger partial charge is 0.394 e. The standard InChI is InChI=1S/C18H13ClN4O2/c1-8(24)9-2-5-14-11(6-9)15(16(20)18(25)22-14)10-3-4-13(19)17-12(10)7-21-23-17/h2-7H,20H2,1H3,(H,21,23)(H,22,25). The molecule has 0 saturated carbocycles. The van der Waals surface area contributed by atoms with E-state index >= 15 is 0 Å². The minimum Gasteiger partial charge on any atom is -0.394 e. The fourth-order valence-electron chi connectivity index (χ4n) is 3.04. The van der Waals surface area contributed by atoms with E-state index in [9.17, 15) is 9.59 Å². The molecule has 0 aliphatic carbocycles. The highest BCUT2D eigenvalue weighted by Crippen LogP contribution is 2.37. The van der Waals surface area contributed by atoms with Crippen molar-refractivity contribution in [3.8, 4) is 11.1 Å². The number of nitrogens with two attached hydrogens (primary N) is 1. The number of aromatic nitrogens is 3. The third-order valence-electron chi connectivity index (χ3n) is 4.29. The Morgan fingerprint density at radius 2 is 2.00 bits per heavy atom. The summed E-state index contributed by atoms with van der Waals surface area (Å²) in [6.45, 7) is 1.49. The van der Waals surface area contributed by atoms with Gasteiger partial charge in [-0.15, -0.1) is 0 Å². The number of carbonyl (C=O) groups is 1. The predicted octanol–water partition coefficient (Wildman–Crippen LogP) is 3.51. The Kier molecular flexibility index (Phi) is 3.36. The molecule has 0 unspecified atom stereocenters. The van der Waals surface area contributed by atoms with Crippen LogP contribution >= 0.6 is 11.6 Å². The highest BCUT2D eigenvalue weighted by Gasteiger charge is 2.17. The zero-order valence-corrected chi connectivity index (χ0v) is 13.9. The highest BCUT2D eigenvalue weighted by atomic mass is 35.5. The molecule has 7 heteroatoms. The molecule has 0 saturated heterocycles. The number of H-pyrrole nitrogens is 2. The Balaban J connectivity index is 2.19. The molecule has 25 heavy (non-hydrogen) atoms. The lowest BCUT2D eigenvalue weighted by atomic mass is 9.95. The normalized spacial score (nSPS) is 11.3. The van der Waals surface area contributed by atoms with Crippen molar-refractivity contribution in [3.63, 3.8) is 0 Å². The molecule has 6 nitrogen and oxygen atoms in total. The summed E-state index contributed by atoms with van der Waals surface area (Å²) >= 11 is 6.20. The molecule has 2 aromatic carbocycles. The van der Waals surface area contributed by atoms with Crippen LogP contribution < -0.4 is 11.3 Å². The van der Waals surface area contributed by atoms with E-state index < -0.39 is 0 Å². The second kappa shape index (κ2) is 5.46. The number of Topliss-reactive ketones (excluding diaryl/α,β-unsaturated/α-hetero) is 1. The number of nitrogens with one attached hydrogen (secondary N) is 2. The van der Waals surface area contributed by atoms with Gasteiger partial charge >= 0.3 is 0 Å². The second-order valence-corrected chi connectivity index (χ2v) is 6.22. The van der Waals surface area contributed by atoms with Gasteiger partial charge in [0.05, 0.1) is 16.7 Å². The van der Waals surface area contributed by atoms with Crippen LogP contribution in [0.15, 0.2) is 41.3 Å². The summed E-state index contributed by atoms with van der Waals surface area (Å²) in [7, 11) is 0. The van der Waals surface area contributed by atoms with E-state index in [0.717, 1.165) is 10.9 Å². The number of nitrogen functional groups attached to an aromatic ring is 1. The number of fused-ring (bicyclic) bond motifs is 2. The number of halogens is 1. The van der Waals surface area contributed by atoms with Crippen LogP contribution in [0.4, 0.5) is 5.69 Å². The average Bonchev–Trinajstić information content (AvgIpc) is 3.07. The van der Waals surface area contributed by atoms with E-state index in [2.05, 4.69) is 15.2 Å². The number of benzene rings is 2. The number of ketones is 1. The Morgan fingerprint density at radius 1 is 1.20 bits per heavy atom. The molecular formula is C18H13ClN4O2. The number of hydrogen-bond donors (Lipinski definition) is 3. The number of pyridine rings is 1. The third kappa shape index (κ3) is 2.30. The van der Waals surface area contributed by atoms with Gasteiger partial charge in [-0.3, -0.25) is 14.7 Å². The van der Waals surface area contributed by atoms with Gasteiger partial charge in [-0.2, -0.15) is 5.10 Å². The summed E-state index contributed by atoms with van der Waals surface area (Å²) in [5, 5.41) is 8.84. The summed E-state index contributed by atoms with van der Waals surface area (Å²) in [6.07, 6.45) is 1.64. The SMILES string of the molecule is CC(=O)c1ccc2[nH]c(=O)c(N)c(-c3ccc(Cl)c4[nH]ncc34)c2c1. The van der Waals surface area contributed by atoms with E-state index in [1.807, 2.05) is 0 Å². The van der Waals surface area contributed by atoms with Gasteiger partial charge in [0, 0.05) is 27.4 Å². The van der Waals surface area contributed by atoms with E-state index in [-0.39, 0.29) is 17.0 Å². The van der Waals surface area contributed by atoms with Crippen molar-refractivity contribution >= 4 is 44.9 Å². The number of anilines is 1. The Bertz CT molecular complexity index is 1220. The lowest BCUT2D eigenvalue weighted by Gasteiger charge is -2.12. The van der Waals surface area contributed by atoms with Gasteiger partial charge in [0.2, 0.25) is 0 Å². The molecular weight excluding hydrogens is 340 g/mol. The van der Waals surface area contributed by atoms with Crippen molar-refractivity contribution in [2.24, 2.45) is 0 Å². The summed E-state index contributed by atoms with van der Waals surface area (Å²) in [5.74, 6) is -0.0674. The van der Waals surface area contributed by atoms with Crippen LogP contribution in [0, 0.1) is 0 Å². The van der Waals surface area contributed by atoms with Gasteiger partial charge in [-0.1, -0.05) is 17.7 Å². The number of carbonyl (C=O) groups excluding carboxylic acids is 1. The maximum absolute atomic E-state index is 12.3. The topological polar surface area (TPSA) is 105 Å². The van der Waals surface area contributed by atoms with E-state index in [1.54, 1.807) is 36.5 Å². The predicted molar refractivity (Wildman–Crippen MR) is 99.1 cm³/mol. The maximum Gasteiger partial charge on any atom is 0.272 e. The molecule has 0 atom stereocenters. The van der Waals surface area contributed by atoms with Gasteiger partial charge in [0.15, 0.2) is 5.78 Å². The summed E-state index contributed by atoms with van der Waals surface area (Å²) in [5.41, 5.74) is 8.90. The van der Waals surface area contributed by atoms with Crippen molar-refractivity contribution in [2.75, 3.05) is 5.73 Å². The maximum atomic E-state index is 12.3. The lowest BCUT2D eigenvalue weighted by molar-refractivity contribution is 0.101. The molecule has 0 bridgehead atoms. The molecule has 0 amide bonds. The van der Waals surface area contributed by atoms with Gasteiger partial charge < -0.3 is 10.7 Å². The number of rotatable bonds is 2. The number of hydrogen-bond acceptors (Lipinski definition) is 4. The van der Waals surface area contributed by atoms with Crippen LogP contribution in [0.3, 0.4) is 0 Å². The fraction of sp³-hybridized carbons (Fsp3) is 0.0556. The monoisotopic (exact) mass is 352 g/mol. The molecule has 0 aliphatic rings. The zero-order chi connectivity index (χ0) is 17.7. The fourth-order valence-corrected chi connectivity index (χ4v) is 3.24. The third-order valence-corrected chi connectivity index (χ3v) is 4.61. The number of aromatic amines is 2. The van der Waals surface area contributed by atoms with Crippen molar-refractivity contribution in [3.05, 3.63) is 57.5 Å². The van der Waals surface area contributed by atoms with Gasteiger partial charge in [0.25, 0.3) is 5.56 Å². The van der Waals surface area contributed by atoms with Crippen LogP contribution in [0.5, 0.6) is 0 Å². The molecule has 0 aliphatic heterocycles. The minimum absolute atomic E-state index is 0.0674. The van der Waals surface area contributed by atoms with Crippen LogP contribution in [-0.4, -0.2) is 21.0 Å². The molecule has 2 aromatic heterocycles. The van der Waals surface area contributed by atoms with Gasteiger partial charge in [-0.05, 0) is 36.8 Å². The van der Waals surface area contributed by atoms with Gasteiger partial charge in [0.1, 0.15) is 5.69 Å². The smallest absolute Gasteiger partial charge is 0.272 e. The molecule has 4 N–H and O–H groups in total. The van der Waals surface area contributed by atoms with Crippen molar-refractivity contribution < 1.29 is 4.79 Å². The molecule has 4 rings (SSSR count). The summed E-state index contributed by atoms with van der Waals surface area (Å²) in [6, 6.07) is 8.64.